The molecule has 0 unspecified atom stereocenters. The summed E-state index contributed by atoms with van der Waals surface area (Å²) in [6.45, 7) is 0.401. The van der Waals surface area contributed by atoms with E-state index in [1.165, 1.54) is 24.3 Å². The molecule has 0 aromatic heterocycles. The number of halogens is 1. The van der Waals surface area contributed by atoms with E-state index < -0.39 is 0 Å². The monoisotopic (exact) mass is 289 g/mol. The first-order valence-corrected chi connectivity index (χ1v) is 6.56. The summed E-state index contributed by atoms with van der Waals surface area (Å²) >= 11 is 0. The van der Waals surface area contributed by atoms with E-state index in [4.69, 9.17) is 0 Å². The molecule has 0 radical (unpaired) electrons. The lowest BCUT2D eigenvalue weighted by atomic mass is 10.1. The number of rotatable bonds is 5. The van der Waals surface area contributed by atoms with Crippen LogP contribution in [0.4, 0.5) is 4.39 Å². The average Bonchev–Trinajstić information content (AvgIpc) is 2.43. The number of hydrogen-bond acceptors (Lipinski definition) is 3. The van der Waals surface area contributed by atoms with Crippen LogP contribution in [-0.2, 0) is 17.6 Å². The molecular formula is C16H16FNO3. The molecular weight excluding hydrogens is 273 g/mol. The van der Waals surface area contributed by atoms with Crippen molar-refractivity contribution in [2.75, 3.05) is 6.54 Å². The fraction of sp³-hybridized carbons (Fsp3) is 0.188. The second kappa shape index (κ2) is 6.74. The molecule has 0 spiro atoms. The van der Waals surface area contributed by atoms with E-state index in [2.05, 4.69) is 5.32 Å². The Kier molecular flexibility index (Phi) is 4.77. The minimum atomic E-state index is -0.361. The number of phenols is 2. The maximum Gasteiger partial charge on any atom is 0.224 e. The molecule has 110 valence electrons. The van der Waals surface area contributed by atoms with Crippen LogP contribution >= 0.6 is 0 Å². The van der Waals surface area contributed by atoms with Gasteiger partial charge in [-0.2, -0.15) is 0 Å². The van der Waals surface area contributed by atoms with Crippen molar-refractivity contribution >= 4 is 5.91 Å². The van der Waals surface area contributed by atoms with Crippen LogP contribution in [0.2, 0.25) is 0 Å². The highest BCUT2D eigenvalue weighted by atomic mass is 19.1. The second-order valence-corrected chi connectivity index (χ2v) is 4.73. The van der Waals surface area contributed by atoms with E-state index in [1.807, 2.05) is 0 Å². The van der Waals surface area contributed by atoms with E-state index >= 15 is 0 Å². The van der Waals surface area contributed by atoms with Gasteiger partial charge in [-0.1, -0.05) is 18.2 Å². The molecule has 5 heteroatoms. The zero-order chi connectivity index (χ0) is 15.2. The molecule has 0 atom stereocenters. The fourth-order valence-corrected chi connectivity index (χ4v) is 1.97. The topological polar surface area (TPSA) is 69.6 Å². The van der Waals surface area contributed by atoms with Crippen LogP contribution in [0.1, 0.15) is 11.1 Å². The van der Waals surface area contributed by atoms with Crippen LogP contribution in [0, 0.1) is 5.82 Å². The molecule has 3 N–H and O–H groups in total. The number of aromatic hydroxyl groups is 2. The third-order valence-electron chi connectivity index (χ3n) is 3.03. The molecule has 0 aliphatic heterocycles. The minimum Gasteiger partial charge on any atom is -0.504 e. The Morgan fingerprint density at radius 3 is 2.57 bits per heavy atom. The Balaban J connectivity index is 1.80. The lowest BCUT2D eigenvalue weighted by Crippen LogP contribution is -2.27. The predicted octanol–water partition coefficient (Wildman–Crippen LogP) is 2.14. The van der Waals surface area contributed by atoms with Gasteiger partial charge in [-0.3, -0.25) is 4.79 Å². The van der Waals surface area contributed by atoms with Crippen molar-refractivity contribution < 1.29 is 19.4 Å². The minimum absolute atomic E-state index is 0.124. The van der Waals surface area contributed by atoms with Crippen molar-refractivity contribution in [2.24, 2.45) is 0 Å². The van der Waals surface area contributed by atoms with Crippen LogP contribution in [0.15, 0.2) is 42.5 Å². The highest BCUT2D eigenvalue weighted by Gasteiger charge is 2.05. The maximum absolute atomic E-state index is 13.0. The molecule has 1 amide bonds. The first-order chi connectivity index (χ1) is 10.0. The Morgan fingerprint density at radius 1 is 1.05 bits per heavy atom. The van der Waals surface area contributed by atoms with Gasteiger partial charge in [0.15, 0.2) is 11.5 Å². The molecule has 0 aliphatic rings. The highest BCUT2D eigenvalue weighted by molar-refractivity contribution is 5.78. The fourth-order valence-electron chi connectivity index (χ4n) is 1.97. The molecule has 2 aromatic carbocycles. The summed E-state index contributed by atoms with van der Waals surface area (Å²) < 4.78 is 13.0. The number of carbonyl (C=O) groups is 1. The van der Waals surface area contributed by atoms with Crippen LogP contribution in [0.3, 0.4) is 0 Å². The number of benzene rings is 2. The molecule has 0 saturated carbocycles. The van der Waals surface area contributed by atoms with E-state index in [-0.39, 0.29) is 29.6 Å². The highest BCUT2D eigenvalue weighted by Crippen LogP contribution is 2.24. The summed E-state index contributed by atoms with van der Waals surface area (Å²) in [5.41, 5.74) is 1.42. The van der Waals surface area contributed by atoms with E-state index in [0.717, 1.165) is 5.56 Å². The second-order valence-electron chi connectivity index (χ2n) is 4.73. The van der Waals surface area contributed by atoms with E-state index in [9.17, 15) is 19.4 Å². The Labute approximate surface area is 121 Å². The van der Waals surface area contributed by atoms with Crippen molar-refractivity contribution in [3.63, 3.8) is 0 Å². The zero-order valence-corrected chi connectivity index (χ0v) is 11.3. The number of hydrogen-bond donors (Lipinski definition) is 3. The first kappa shape index (κ1) is 14.8. The van der Waals surface area contributed by atoms with Gasteiger partial charge >= 0.3 is 0 Å². The van der Waals surface area contributed by atoms with Crippen LogP contribution in [-0.4, -0.2) is 22.7 Å². The molecule has 0 saturated heterocycles. The number of amides is 1. The van der Waals surface area contributed by atoms with Gasteiger partial charge in [-0.15, -0.1) is 0 Å². The summed E-state index contributed by atoms with van der Waals surface area (Å²) in [6, 6.07) is 10.5. The van der Waals surface area contributed by atoms with Crippen molar-refractivity contribution in [3.05, 3.63) is 59.4 Å². The SMILES string of the molecule is O=C(Cc1cccc(F)c1)NCCc1ccc(O)c(O)c1. The summed E-state index contributed by atoms with van der Waals surface area (Å²) in [4.78, 5) is 11.7. The van der Waals surface area contributed by atoms with Gasteiger partial charge in [0.05, 0.1) is 6.42 Å². The number of phenolic OH excluding ortho intramolecular Hbond substituents is 2. The van der Waals surface area contributed by atoms with Gasteiger partial charge in [0.2, 0.25) is 5.91 Å². The largest absolute Gasteiger partial charge is 0.504 e. The number of carbonyl (C=O) groups excluding carboxylic acids is 1. The quantitative estimate of drug-likeness (QED) is 0.739. The van der Waals surface area contributed by atoms with Crippen LogP contribution in [0.25, 0.3) is 0 Å². The predicted molar refractivity (Wildman–Crippen MR) is 76.6 cm³/mol. The van der Waals surface area contributed by atoms with Gasteiger partial charge in [-0.05, 0) is 41.8 Å². The van der Waals surface area contributed by atoms with Crippen molar-refractivity contribution in [2.45, 2.75) is 12.8 Å². The van der Waals surface area contributed by atoms with Gasteiger partial charge in [0.1, 0.15) is 5.82 Å². The van der Waals surface area contributed by atoms with Gasteiger partial charge < -0.3 is 15.5 Å². The molecule has 2 aromatic rings. The molecule has 0 heterocycles. The third kappa shape index (κ3) is 4.49. The standard InChI is InChI=1S/C16H16FNO3/c17-13-3-1-2-12(8-13)10-16(21)18-7-6-11-4-5-14(19)15(20)9-11/h1-5,8-9,19-20H,6-7,10H2,(H,18,21). The zero-order valence-electron chi connectivity index (χ0n) is 11.3. The Morgan fingerprint density at radius 2 is 1.86 bits per heavy atom. The maximum atomic E-state index is 13.0. The summed E-state index contributed by atoms with van der Waals surface area (Å²) in [5.74, 6) is -0.907. The molecule has 0 fully saturated rings. The molecule has 2 rings (SSSR count). The summed E-state index contributed by atoms with van der Waals surface area (Å²) in [7, 11) is 0. The summed E-state index contributed by atoms with van der Waals surface area (Å²) in [6.07, 6.45) is 0.654. The van der Waals surface area contributed by atoms with E-state index in [0.29, 0.717) is 18.5 Å². The normalized spacial score (nSPS) is 10.3. The Bertz CT molecular complexity index is 643. The lowest BCUT2D eigenvalue weighted by Gasteiger charge is -2.06. The molecule has 0 bridgehead atoms. The van der Waals surface area contributed by atoms with Crippen molar-refractivity contribution in [1.29, 1.82) is 0 Å². The number of nitrogens with one attached hydrogen (secondary N) is 1. The van der Waals surface area contributed by atoms with Gasteiger partial charge in [0, 0.05) is 6.54 Å². The average molecular weight is 289 g/mol. The van der Waals surface area contributed by atoms with Crippen LogP contribution < -0.4 is 5.32 Å². The van der Waals surface area contributed by atoms with Crippen LogP contribution in [0.5, 0.6) is 11.5 Å². The lowest BCUT2D eigenvalue weighted by molar-refractivity contribution is -0.120. The molecule has 21 heavy (non-hydrogen) atoms. The molecule has 0 aliphatic carbocycles. The third-order valence-corrected chi connectivity index (χ3v) is 3.03. The molecule has 4 nitrogen and oxygen atoms in total. The van der Waals surface area contributed by atoms with Gasteiger partial charge in [-0.25, -0.2) is 4.39 Å². The summed E-state index contributed by atoms with van der Waals surface area (Å²) in [5, 5.41) is 21.3. The van der Waals surface area contributed by atoms with Crippen molar-refractivity contribution in [3.8, 4) is 11.5 Å². The van der Waals surface area contributed by atoms with Gasteiger partial charge in [0.25, 0.3) is 0 Å². The van der Waals surface area contributed by atoms with Crippen molar-refractivity contribution in [1.82, 2.24) is 5.32 Å². The smallest absolute Gasteiger partial charge is 0.224 e. The van der Waals surface area contributed by atoms with E-state index in [1.54, 1.807) is 18.2 Å². The Hall–Kier alpha value is -2.56. The first-order valence-electron chi connectivity index (χ1n) is 6.56.